The Labute approximate surface area is 109 Å². The Kier molecular flexibility index (Phi) is 5.22. The second-order valence-electron chi connectivity index (χ2n) is 3.87. The first kappa shape index (κ1) is 13.9. The summed E-state index contributed by atoms with van der Waals surface area (Å²) in [7, 11) is 0. The Hall–Kier alpha value is -0.120. The molecule has 0 saturated heterocycles. The highest BCUT2D eigenvalue weighted by Crippen LogP contribution is 2.33. The van der Waals surface area contributed by atoms with Gasteiger partial charge in [0.2, 0.25) is 0 Å². The molecule has 0 saturated carbocycles. The van der Waals surface area contributed by atoms with Gasteiger partial charge in [-0.2, -0.15) is 0 Å². The highest BCUT2D eigenvalue weighted by molar-refractivity contribution is 9.10. The van der Waals surface area contributed by atoms with E-state index in [1.165, 1.54) is 0 Å². The summed E-state index contributed by atoms with van der Waals surface area (Å²) >= 11 is 9.03. The van der Waals surface area contributed by atoms with Crippen molar-refractivity contribution in [3.8, 4) is 0 Å². The zero-order chi connectivity index (χ0) is 12.3. The maximum atomic E-state index is 13.9. The minimum Gasteiger partial charge on any atom is -0.324 e. The molecule has 2 N–H and O–H groups in total. The van der Waals surface area contributed by atoms with Crippen molar-refractivity contribution >= 4 is 27.5 Å². The number of hydrogen-bond donors (Lipinski definition) is 1. The Balaban J connectivity index is 3.09. The number of benzene rings is 1. The SMILES string of the molecule is CCC(CC)C(N)c1ccc(Br)c(Cl)c1F. The minimum absolute atomic E-state index is 0.110. The van der Waals surface area contributed by atoms with Crippen molar-refractivity contribution in [3.05, 3.63) is 33.0 Å². The molecule has 90 valence electrons. The lowest BCUT2D eigenvalue weighted by molar-refractivity contribution is 0.394. The van der Waals surface area contributed by atoms with E-state index in [1.54, 1.807) is 12.1 Å². The van der Waals surface area contributed by atoms with Gasteiger partial charge in [0.25, 0.3) is 0 Å². The average molecular weight is 309 g/mol. The third kappa shape index (κ3) is 2.76. The van der Waals surface area contributed by atoms with Crippen LogP contribution in [0.25, 0.3) is 0 Å². The zero-order valence-electron chi connectivity index (χ0n) is 9.43. The Bertz CT molecular complexity index is 366. The monoisotopic (exact) mass is 307 g/mol. The van der Waals surface area contributed by atoms with Crippen LogP contribution in [0.3, 0.4) is 0 Å². The van der Waals surface area contributed by atoms with Crippen molar-refractivity contribution in [1.29, 1.82) is 0 Å². The van der Waals surface area contributed by atoms with Gasteiger partial charge in [0.1, 0.15) is 5.82 Å². The molecule has 0 radical (unpaired) electrons. The van der Waals surface area contributed by atoms with Crippen LogP contribution >= 0.6 is 27.5 Å². The largest absolute Gasteiger partial charge is 0.324 e. The number of rotatable bonds is 4. The maximum absolute atomic E-state index is 13.9. The molecule has 0 fully saturated rings. The van der Waals surface area contributed by atoms with Crippen LogP contribution in [0.15, 0.2) is 16.6 Å². The summed E-state index contributed by atoms with van der Waals surface area (Å²) in [5, 5.41) is 0.110. The van der Waals surface area contributed by atoms with Crippen molar-refractivity contribution < 1.29 is 4.39 Å². The summed E-state index contributed by atoms with van der Waals surface area (Å²) < 4.78 is 14.5. The van der Waals surface area contributed by atoms with Crippen molar-refractivity contribution in [1.82, 2.24) is 0 Å². The van der Waals surface area contributed by atoms with Gasteiger partial charge in [-0.1, -0.05) is 44.4 Å². The molecule has 1 aromatic rings. The summed E-state index contributed by atoms with van der Waals surface area (Å²) in [6, 6.07) is 3.15. The predicted molar refractivity (Wildman–Crippen MR) is 70.1 cm³/mol. The second kappa shape index (κ2) is 5.99. The molecule has 16 heavy (non-hydrogen) atoms. The smallest absolute Gasteiger partial charge is 0.147 e. The molecule has 0 amide bonds. The van der Waals surface area contributed by atoms with Gasteiger partial charge in [-0.15, -0.1) is 0 Å². The first-order valence-electron chi connectivity index (χ1n) is 5.41. The van der Waals surface area contributed by atoms with Crippen molar-refractivity contribution in [2.45, 2.75) is 32.7 Å². The summed E-state index contributed by atoms with van der Waals surface area (Å²) in [6.07, 6.45) is 1.87. The second-order valence-corrected chi connectivity index (χ2v) is 5.10. The van der Waals surface area contributed by atoms with E-state index in [9.17, 15) is 4.39 Å². The molecule has 0 aromatic heterocycles. The van der Waals surface area contributed by atoms with E-state index < -0.39 is 5.82 Å². The molecule has 1 rings (SSSR count). The fourth-order valence-electron chi connectivity index (χ4n) is 1.85. The van der Waals surface area contributed by atoms with Crippen LogP contribution in [0.1, 0.15) is 38.3 Å². The summed E-state index contributed by atoms with van der Waals surface area (Å²) in [4.78, 5) is 0. The first-order chi connectivity index (χ1) is 7.52. The average Bonchev–Trinajstić information content (AvgIpc) is 2.27. The lowest BCUT2D eigenvalue weighted by Gasteiger charge is -2.22. The van der Waals surface area contributed by atoms with Crippen molar-refractivity contribution in [3.63, 3.8) is 0 Å². The standard InChI is InChI=1S/C12H16BrClFN/c1-3-7(4-2)12(16)8-5-6-9(13)10(14)11(8)15/h5-7,12H,3-4,16H2,1-2H3. The quantitative estimate of drug-likeness (QED) is 0.803. The summed E-state index contributed by atoms with van der Waals surface area (Å²) in [5.41, 5.74) is 6.57. The summed E-state index contributed by atoms with van der Waals surface area (Å²) in [5.74, 6) is -0.123. The van der Waals surface area contributed by atoms with Gasteiger partial charge in [-0.3, -0.25) is 0 Å². The van der Waals surface area contributed by atoms with Gasteiger partial charge in [0.05, 0.1) is 5.02 Å². The number of hydrogen-bond acceptors (Lipinski definition) is 1. The lowest BCUT2D eigenvalue weighted by Crippen LogP contribution is -2.21. The topological polar surface area (TPSA) is 26.0 Å². The molecule has 0 aliphatic rings. The third-order valence-corrected chi connectivity index (χ3v) is 4.24. The van der Waals surface area contributed by atoms with Crippen LogP contribution in [0.2, 0.25) is 5.02 Å². The highest BCUT2D eigenvalue weighted by Gasteiger charge is 2.21. The molecule has 1 aromatic carbocycles. The lowest BCUT2D eigenvalue weighted by atomic mass is 9.89. The number of nitrogens with two attached hydrogens (primary N) is 1. The van der Waals surface area contributed by atoms with Crippen molar-refractivity contribution in [2.75, 3.05) is 0 Å². The predicted octanol–water partition coefficient (Wildman–Crippen LogP) is 4.68. The molecule has 1 unspecified atom stereocenters. The molecule has 4 heteroatoms. The minimum atomic E-state index is -0.407. The van der Waals surface area contributed by atoms with Crippen molar-refractivity contribution in [2.24, 2.45) is 11.7 Å². The van der Waals surface area contributed by atoms with E-state index in [1.807, 2.05) is 0 Å². The molecule has 1 nitrogen and oxygen atoms in total. The van der Waals surface area contributed by atoms with Gasteiger partial charge < -0.3 is 5.73 Å². The number of halogens is 3. The molecular weight excluding hydrogens is 292 g/mol. The van der Waals surface area contributed by atoms with Crippen LogP contribution in [-0.4, -0.2) is 0 Å². The molecule has 0 heterocycles. The van der Waals surface area contributed by atoms with Crippen LogP contribution in [0.5, 0.6) is 0 Å². The Morgan fingerprint density at radius 1 is 1.38 bits per heavy atom. The van der Waals surface area contributed by atoms with Gasteiger partial charge in [0, 0.05) is 16.1 Å². The zero-order valence-corrected chi connectivity index (χ0v) is 11.8. The van der Waals surface area contributed by atoms with Crippen LogP contribution in [-0.2, 0) is 0 Å². The van der Waals surface area contributed by atoms with Gasteiger partial charge in [0.15, 0.2) is 0 Å². The Morgan fingerprint density at radius 3 is 2.44 bits per heavy atom. The fourth-order valence-corrected chi connectivity index (χ4v) is 2.33. The normalized spacial score (nSPS) is 13.2. The molecule has 1 atom stereocenters. The van der Waals surface area contributed by atoms with E-state index in [-0.39, 0.29) is 17.0 Å². The van der Waals surface area contributed by atoms with E-state index >= 15 is 0 Å². The van der Waals surface area contributed by atoms with Gasteiger partial charge in [-0.05, 0) is 27.9 Å². The molecule has 0 bridgehead atoms. The van der Waals surface area contributed by atoms with Crippen LogP contribution in [0, 0.1) is 11.7 Å². The van der Waals surface area contributed by atoms with Gasteiger partial charge in [-0.25, -0.2) is 4.39 Å². The third-order valence-electron chi connectivity index (χ3n) is 2.98. The van der Waals surface area contributed by atoms with Crippen LogP contribution in [0.4, 0.5) is 4.39 Å². The van der Waals surface area contributed by atoms with Crippen LogP contribution < -0.4 is 5.73 Å². The van der Waals surface area contributed by atoms with E-state index in [0.29, 0.717) is 10.0 Å². The maximum Gasteiger partial charge on any atom is 0.147 e. The molecule has 0 spiro atoms. The molecule has 0 aliphatic heterocycles. The van der Waals surface area contributed by atoms with Gasteiger partial charge >= 0.3 is 0 Å². The van der Waals surface area contributed by atoms with E-state index in [4.69, 9.17) is 17.3 Å². The molecular formula is C12H16BrClFN. The highest BCUT2D eigenvalue weighted by atomic mass is 79.9. The van der Waals surface area contributed by atoms with E-state index in [0.717, 1.165) is 12.8 Å². The molecule has 0 aliphatic carbocycles. The fraction of sp³-hybridized carbons (Fsp3) is 0.500. The Morgan fingerprint density at radius 2 is 1.94 bits per heavy atom. The summed E-state index contributed by atoms with van der Waals surface area (Å²) in [6.45, 7) is 4.12. The van der Waals surface area contributed by atoms with E-state index in [2.05, 4.69) is 29.8 Å². The first-order valence-corrected chi connectivity index (χ1v) is 6.58.